The first-order valence-corrected chi connectivity index (χ1v) is 9.83. The lowest BCUT2D eigenvalue weighted by atomic mass is 9.78. The average Bonchev–Trinajstić information content (AvgIpc) is 3.10. The summed E-state index contributed by atoms with van der Waals surface area (Å²) in [6, 6.07) is -0.486. The van der Waals surface area contributed by atoms with Crippen LogP contribution >= 0.6 is 23.2 Å². The van der Waals surface area contributed by atoms with E-state index in [2.05, 4.69) is 10.3 Å². The summed E-state index contributed by atoms with van der Waals surface area (Å²) in [6.07, 6.45) is 2.70. The number of nitrogens with zero attached hydrogens (tertiary/aromatic N) is 1. The number of alkyl halides is 3. The van der Waals surface area contributed by atoms with Gasteiger partial charge in [-0.1, -0.05) is 55.3 Å². The number of esters is 1. The number of nitrogens with one attached hydrogen (secondary N) is 1. The van der Waals surface area contributed by atoms with Crippen LogP contribution in [0.3, 0.4) is 0 Å². The lowest BCUT2D eigenvalue weighted by Crippen LogP contribution is -2.36. The highest BCUT2D eigenvalue weighted by atomic mass is 35.5. The first-order valence-electron chi connectivity index (χ1n) is 9.07. The minimum absolute atomic E-state index is 0.0744. The number of hydrogen-bond donors (Lipinski definition) is 1. The summed E-state index contributed by atoms with van der Waals surface area (Å²) in [5.74, 6) is -1.38. The monoisotopic (exact) mass is 424 g/mol. The molecule has 27 heavy (non-hydrogen) atoms. The standard InChI is InChI=1S/C18H21Cl2F3N2O2/c19-12-8-24-9-13(20)15(12)16(27-17(26)18(21,22)23)14-6-11(7-25-14)10-4-2-1-3-5-10/h8-11,14,16,25H,1-7H2/t11-,14+,16?/m1/s1. The van der Waals surface area contributed by atoms with Crippen molar-refractivity contribution < 1.29 is 22.7 Å². The number of halogens is 5. The van der Waals surface area contributed by atoms with Crippen LogP contribution in [0.1, 0.15) is 50.2 Å². The summed E-state index contributed by atoms with van der Waals surface area (Å²) < 4.78 is 43.3. The van der Waals surface area contributed by atoms with Crippen LogP contribution in [0.2, 0.25) is 10.0 Å². The molecule has 0 bridgehead atoms. The van der Waals surface area contributed by atoms with Gasteiger partial charge in [0, 0.05) is 24.0 Å². The van der Waals surface area contributed by atoms with Gasteiger partial charge in [0.2, 0.25) is 0 Å². The Balaban J connectivity index is 1.83. The van der Waals surface area contributed by atoms with Gasteiger partial charge in [0.1, 0.15) is 6.10 Å². The molecule has 3 rings (SSSR count). The minimum atomic E-state index is -5.09. The number of carbonyl (C=O) groups is 1. The van der Waals surface area contributed by atoms with Gasteiger partial charge in [0.05, 0.1) is 10.0 Å². The maximum absolute atomic E-state index is 12.8. The van der Waals surface area contributed by atoms with Gasteiger partial charge in [0.25, 0.3) is 0 Å². The summed E-state index contributed by atoms with van der Waals surface area (Å²) in [6.45, 7) is 0.676. The maximum atomic E-state index is 12.8. The number of pyridine rings is 1. The van der Waals surface area contributed by atoms with Crippen LogP contribution < -0.4 is 5.32 Å². The van der Waals surface area contributed by atoms with Crippen molar-refractivity contribution in [1.29, 1.82) is 0 Å². The van der Waals surface area contributed by atoms with E-state index in [1.807, 2.05) is 0 Å². The Bertz CT molecular complexity index is 661. The molecule has 1 N–H and O–H groups in total. The molecule has 1 aromatic heterocycles. The number of rotatable bonds is 4. The van der Waals surface area contributed by atoms with Crippen LogP contribution in [-0.4, -0.2) is 29.7 Å². The van der Waals surface area contributed by atoms with Crippen molar-refractivity contribution in [3.8, 4) is 0 Å². The zero-order valence-corrected chi connectivity index (χ0v) is 16.1. The molecular weight excluding hydrogens is 404 g/mol. The topological polar surface area (TPSA) is 51.2 Å². The fourth-order valence-electron chi connectivity index (χ4n) is 4.21. The molecule has 1 aliphatic heterocycles. The molecule has 0 amide bonds. The summed E-state index contributed by atoms with van der Waals surface area (Å²) in [4.78, 5) is 15.4. The molecule has 3 atom stereocenters. The third-order valence-corrected chi connectivity index (χ3v) is 6.12. The van der Waals surface area contributed by atoms with Crippen molar-refractivity contribution in [3.05, 3.63) is 28.0 Å². The highest BCUT2D eigenvalue weighted by Crippen LogP contribution is 2.41. The molecule has 1 aromatic rings. The zero-order chi connectivity index (χ0) is 19.6. The third kappa shape index (κ3) is 4.87. The van der Waals surface area contributed by atoms with E-state index in [0.717, 1.165) is 12.8 Å². The molecule has 1 saturated carbocycles. The van der Waals surface area contributed by atoms with Gasteiger partial charge in [-0.25, -0.2) is 4.79 Å². The Kier molecular flexibility index (Phi) is 6.54. The van der Waals surface area contributed by atoms with E-state index in [4.69, 9.17) is 27.9 Å². The van der Waals surface area contributed by atoms with Crippen molar-refractivity contribution >= 4 is 29.2 Å². The maximum Gasteiger partial charge on any atom is 0.490 e. The normalized spacial score (nSPS) is 25.4. The largest absolute Gasteiger partial charge is 0.490 e. The number of ether oxygens (including phenoxy) is 1. The van der Waals surface area contributed by atoms with Crippen molar-refractivity contribution in [3.63, 3.8) is 0 Å². The van der Waals surface area contributed by atoms with Gasteiger partial charge in [-0.2, -0.15) is 13.2 Å². The van der Waals surface area contributed by atoms with E-state index in [0.29, 0.717) is 24.8 Å². The third-order valence-electron chi connectivity index (χ3n) is 5.52. The molecular formula is C18H21Cl2F3N2O2. The summed E-state index contributed by atoms with van der Waals surface area (Å²) >= 11 is 12.3. The van der Waals surface area contributed by atoms with Gasteiger partial charge >= 0.3 is 12.1 Å². The van der Waals surface area contributed by atoms with Crippen LogP contribution in [0.25, 0.3) is 0 Å². The fourth-order valence-corrected chi connectivity index (χ4v) is 4.79. The van der Waals surface area contributed by atoms with Crippen LogP contribution in [0.15, 0.2) is 12.4 Å². The quantitative estimate of drug-likeness (QED) is 0.683. The molecule has 0 spiro atoms. The van der Waals surface area contributed by atoms with Gasteiger partial charge in [-0.05, 0) is 24.8 Å². The Morgan fingerprint density at radius 2 is 1.78 bits per heavy atom. The molecule has 0 aromatic carbocycles. The molecule has 2 fully saturated rings. The molecule has 2 heterocycles. The molecule has 1 aliphatic carbocycles. The zero-order valence-electron chi connectivity index (χ0n) is 14.6. The summed E-state index contributed by atoms with van der Waals surface area (Å²) in [5.41, 5.74) is 0.160. The van der Waals surface area contributed by atoms with E-state index in [1.54, 1.807) is 0 Å². The second-order valence-corrected chi connectivity index (χ2v) is 8.06. The SMILES string of the molecule is O=C(OC(c1c(Cl)cncc1Cl)[C@@H]1C[C@@H](C2CCCCC2)CN1)C(F)(F)F. The van der Waals surface area contributed by atoms with E-state index in [9.17, 15) is 18.0 Å². The van der Waals surface area contributed by atoms with Crippen LogP contribution in [0.4, 0.5) is 13.2 Å². The van der Waals surface area contributed by atoms with E-state index in [-0.39, 0.29) is 15.6 Å². The predicted octanol–water partition coefficient (Wildman–Crippen LogP) is 5.09. The van der Waals surface area contributed by atoms with E-state index in [1.165, 1.54) is 31.7 Å². The average molecular weight is 425 g/mol. The lowest BCUT2D eigenvalue weighted by molar-refractivity contribution is -0.206. The smallest absolute Gasteiger partial charge is 0.449 e. The van der Waals surface area contributed by atoms with Gasteiger partial charge in [0.15, 0.2) is 0 Å². The van der Waals surface area contributed by atoms with Crippen LogP contribution in [0.5, 0.6) is 0 Å². The first-order chi connectivity index (χ1) is 12.8. The highest BCUT2D eigenvalue weighted by molar-refractivity contribution is 6.35. The molecule has 9 heteroatoms. The first kappa shape index (κ1) is 20.7. The lowest BCUT2D eigenvalue weighted by Gasteiger charge is -2.28. The van der Waals surface area contributed by atoms with Crippen LogP contribution in [0, 0.1) is 11.8 Å². The molecule has 1 unspecified atom stereocenters. The Morgan fingerprint density at radius 1 is 1.15 bits per heavy atom. The number of aromatic nitrogens is 1. The van der Waals surface area contributed by atoms with Crippen molar-refractivity contribution in [2.24, 2.45) is 11.8 Å². The molecule has 1 saturated heterocycles. The second-order valence-electron chi connectivity index (χ2n) is 7.25. The van der Waals surface area contributed by atoms with Gasteiger partial charge in [-0.3, -0.25) is 4.98 Å². The Morgan fingerprint density at radius 3 is 2.37 bits per heavy atom. The molecule has 2 aliphatic rings. The summed E-state index contributed by atoms with van der Waals surface area (Å²) in [7, 11) is 0. The predicted molar refractivity (Wildman–Crippen MR) is 95.6 cm³/mol. The van der Waals surface area contributed by atoms with Crippen molar-refractivity contribution in [2.45, 2.75) is 56.8 Å². The fraction of sp³-hybridized carbons (Fsp3) is 0.667. The molecule has 150 valence electrons. The summed E-state index contributed by atoms with van der Waals surface area (Å²) in [5, 5.41) is 3.38. The molecule has 0 radical (unpaired) electrons. The van der Waals surface area contributed by atoms with Crippen molar-refractivity contribution in [1.82, 2.24) is 10.3 Å². The van der Waals surface area contributed by atoms with Crippen molar-refractivity contribution in [2.75, 3.05) is 6.54 Å². The minimum Gasteiger partial charge on any atom is -0.449 e. The van der Waals surface area contributed by atoms with E-state index < -0.39 is 24.3 Å². The van der Waals surface area contributed by atoms with Gasteiger partial charge in [-0.15, -0.1) is 0 Å². The van der Waals surface area contributed by atoms with E-state index >= 15 is 0 Å². The van der Waals surface area contributed by atoms with Crippen LogP contribution in [-0.2, 0) is 9.53 Å². The number of carbonyl (C=O) groups excluding carboxylic acids is 1. The number of hydrogen-bond acceptors (Lipinski definition) is 4. The second kappa shape index (κ2) is 8.53. The Hall–Kier alpha value is -1.05. The van der Waals surface area contributed by atoms with Gasteiger partial charge < -0.3 is 10.1 Å². The molecule has 4 nitrogen and oxygen atoms in total. The highest BCUT2D eigenvalue weighted by Gasteiger charge is 2.46. The Labute approximate surface area is 165 Å².